The molecule has 3 aromatic rings. The van der Waals surface area contributed by atoms with Gasteiger partial charge >= 0.3 is 0 Å². The van der Waals surface area contributed by atoms with E-state index < -0.39 is 0 Å². The summed E-state index contributed by atoms with van der Waals surface area (Å²) in [6.45, 7) is 1.84. The van der Waals surface area contributed by atoms with E-state index in [0.29, 0.717) is 31.7 Å². The molecule has 1 aliphatic heterocycles. The van der Waals surface area contributed by atoms with Crippen LogP contribution in [0.25, 0.3) is 0 Å². The average molecular weight is 442 g/mol. The van der Waals surface area contributed by atoms with Gasteiger partial charge in [-0.05, 0) is 30.5 Å². The number of nitrogens with one attached hydrogen (secondary N) is 2. The van der Waals surface area contributed by atoms with Crippen LogP contribution in [0.4, 0.5) is 4.39 Å². The van der Waals surface area contributed by atoms with Crippen molar-refractivity contribution in [3.8, 4) is 0 Å². The number of benzene rings is 1. The van der Waals surface area contributed by atoms with Crippen LogP contribution >= 0.6 is 11.3 Å². The lowest BCUT2D eigenvalue weighted by molar-refractivity contribution is -0.131. The smallest absolute Gasteiger partial charge is 0.270 e. The zero-order valence-corrected chi connectivity index (χ0v) is 17.8. The summed E-state index contributed by atoms with van der Waals surface area (Å²) in [5.74, 6) is -0.159. The molecule has 7 nitrogen and oxygen atoms in total. The Morgan fingerprint density at radius 2 is 2.00 bits per heavy atom. The molecule has 2 aromatic heterocycles. The molecular formula is C22H24FN5O2S. The van der Waals surface area contributed by atoms with Gasteiger partial charge in [-0.2, -0.15) is 0 Å². The maximum Gasteiger partial charge on any atom is 0.270 e. The molecule has 0 unspecified atom stereocenters. The minimum atomic E-state index is -0.300. The zero-order chi connectivity index (χ0) is 21.6. The van der Waals surface area contributed by atoms with Crippen LogP contribution in [0, 0.1) is 5.82 Å². The Kier molecular flexibility index (Phi) is 6.71. The molecule has 1 aliphatic rings. The molecule has 1 aromatic carbocycles. The molecule has 2 N–H and O–H groups in total. The molecule has 0 saturated carbocycles. The number of nitrogens with zero attached hydrogens (tertiary/aromatic N) is 3. The van der Waals surface area contributed by atoms with Crippen LogP contribution in [0.3, 0.4) is 0 Å². The first-order valence-corrected chi connectivity index (χ1v) is 11.2. The van der Waals surface area contributed by atoms with Gasteiger partial charge in [0.1, 0.15) is 11.5 Å². The van der Waals surface area contributed by atoms with Crippen molar-refractivity contribution < 1.29 is 14.0 Å². The Bertz CT molecular complexity index is 1010. The van der Waals surface area contributed by atoms with E-state index >= 15 is 0 Å². The number of H-pyrrole nitrogens is 1. The van der Waals surface area contributed by atoms with Gasteiger partial charge in [0.15, 0.2) is 0 Å². The van der Waals surface area contributed by atoms with E-state index in [1.54, 1.807) is 30.0 Å². The van der Waals surface area contributed by atoms with E-state index in [2.05, 4.69) is 20.3 Å². The highest BCUT2D eigenvalue weighted by atomic mass is 32.1. The van der Waals surface area contributed by atoms with Crippen LogP contribution in [0.5, 0.6) is 0 Å². The summed E-state index contributed by atoms with van der Waals surface area (Å²) in [4.78, 5) is 38.2. The van der Waals surface area contributed by atoms with Crippen LogP contribution in [-0.2, 0) is 17.6 Å². The third-order valence-corrected chi connectivity index (χ3v) is 6.46. The van der Waals surface area contributed by atoms with Gasteiger partial charge in [-0.25, -0.2) is 14.4 Å². The molecule has 0 atom stereocenters. The second-order valence-electron chi connectivity index (χ2n) is 7.61. The summed E-state index contributed by atoms with van der Waals surface area (Å²) in [6.07, 6.45) is 5.97. The van der Waals surface area contributed by atoms with Crippen molar-refractivity contribution in [1.29, 1.82) is 0 Å². The fraction of sp³-hybridized carbons (Fsp3) is 0.364. The molecule has 2 amide bonds. The Hall–Kier alpha value is -3.07. The molecule has 0 bridgehead atoms. The van der Waals surface area contributed by atoms with Crippen LogP contribution in [0.2, 0.25) is 0 Å². The summed E-state index contributed by atoms with van der Waals surface area (Å²) in [6, 6.07) is 6.05. The minimum absolute atomic E-state index is 0.0570. The van der Waals surface area contributed by atoms with Gasteiger partial charge in [-0.15, -0.1) is 11.3 Å². The highest BCUT2D eigenvalue weighted by molar-refractivity contribution is 7.09. The van der Waals surface area contributed by atoms with Gasteiger partial charge in [0.25, 0.3) is 5.91 Å². The molecule has 1 saturated heterocycles. The molecule has 4 rings (SSSR count). The van der Waals surface area contributed by atoms with Gasteiger partial charge in [0.05, 0.1) is 17.8 Å². The molecule has 0 aliphatic carbocycles. The van der Waals surface area contributed by atoms with Gasteiger partial charge in [-0.1, -0.05) is 12.1 Å². The highest BCUT2D eigenvalue weighted by Gasteiger charge is 2.26. The predicted molar refractivity (Wildman–Crippen MR) is 115 cm³/mol. The van der Waals surface area contributed by atoms with E-state index in [1.807, 2.05) is 4.90 Å². The number of rotatable bonds is 7. The number of likely N-dealkylation sites (tertiary alicyclic amines) is 1. The van der Waals surface area contributed by atoms with Crippen molar-refractivity contribution in [1.82, 2.24) is 25.2 Å². The van der Waals surface area contributed by atoms with Crippen molar-refractivity contribution >= 4 is 23.2 Å². The van der Waals surface area contributed by atoms with E-state index in [-0.39, 0.29) is 30.0 Å². The summed E-state index contributed by atoms with van der Waals surface area (Å²) >= 11 is 1.50. The summed E-state index contributed by atoms with van der Waals surface area (Å²) in [5, 5.41) is 5.63. The van der Waals surface area contributed by atoms with Gasteiger partial charge in [0, 0.05) is 49.2 Å². The van der Waals surface area contributed by atoms with Gasteiger partial charge in [0.2, 0.25) is 5.91 Å². The lowest BCUT2D eigenvalue weighted by Gasteiger charge is -2.31. The number of thiazole rings is 1. The van der Waals surface area contributed by atoms with Gasteiger partial charge < -0.3 is 15.2 Å². The third kappa shape index (κ3) is 5.55. The Morgan fingerprint density at radius 1 is 1.23 bits per heavy atom. The minimum Gasteiger partial charge on any atom is -0.350 e. The number of aromatic amines is 1. The molecule has 0 spiro atoms. The second-order valence-corrected chi connectivity index (χ2v) is 8.50. The number of amides is 2. The molecule has 31 heavy (non-hydrogen) atoms. The molecule has 0 radical (unpaired) electrons. The van der Waals surface area contributed by atoms with E-state index in [0.717, 1.165) is 29.1 Å². The topological polar surface area (TPSA) is 91.0 Å². The lowest BCUT2D eigenvalue weighted by atomic mass is 9.97. The first-order valence-electron chi connectivity index (χ1n) is 10.3. The molecular weight excluding hydrogens is 417 g/mol. The fourth-order valence-electron chi connectivity index (χ4n) is 3.67. The van der Waals surface area contributed by atoms with Crippen LogP contribution < -0.4 is 5.32 Å². The average Bonchev–Trinajstić information content (AvgIpc) is 3.48. The van der Waals surface area contributed by atoms with E-state index in [1.165, 1.54) is 23.5 Å². The Morgan fingerprint density at radius 3 is 2.71 bits per heavy atom. The maximum absolute atomic E-state index is 13.0. The molecule has 9 heteroatoms. The SMILES string of the molecule is O=C(NCCc1cnc[nH]1)c1csc(C2CCN(C(=O)Cc3ccc(F)cc3)CC2)n1. The van der Waals surface area contributed by atoms with Gasteiger partial charge in [-0.3, -0.25) is 9.59 Å². The van der Waals surface area contributed by atoms with Crippen molar-refractivity contribution in [2.45, 2.75) is 31.6 Å². The Labute approximate surface area is 183 Å². The van der Waals surface area contributed by atoms with E-state index in [4.69, 9.17) is 0 Å². The number of piperidine rings is 1. The standard InChI is InChI=1S/C22H24FN5O2S/c23-17-3-1-15(2-4-17)11-20(29)28-9-6-16(7-10-28)22-27-19(13-31-22)21(30)25-8-5-18-12-24-14-26-18/h1-4,12-14,16H,5-11H2,(H,24,26)(H,25,30). The van der Waals surface area contributed by atoms with Crippen LogP contribution in [0.1, 0.15) is 45.5 Å². The lowest BCUT2D eigenvalue weighted by Crippen LogP contribution is -2.38. The van der Waals surface area contributed by atoms with Crippen LogP contribution in [-0.4, -0.2) is 51.3 Å². The molecule has 1 fully saturated rings. The van der Waals surface area contributed by atoms with Crippen molar-refractivity contribution in [2.24, 2.45) is 0 Å². The van der Waals surface area contributed by atoms with E-state index in [9.17, 15) is 14.0 Å². The van der Waals surface area contributed by atoms with Crippen molar-refractivity contribution in [3.63, 3.8) is 0 Å². The number of carbonyl (C=O) groups is 2. The monoisotopic (exact) mass is 441 g/mol. The number of imidazole rings is 1. The highest BCUT2D eigenvalue weighted by Crippen LogP contribution is 2.30. The molecule has 162 valence electrons. The maximum atomic E-state index is 13.0. The summed E-state index contributed by atoms with van der Waals surface area (Å²) in [5.41, 5.74) is 2.23. The second kappa shape index (κ2) is 9.82. The largest absolute Gasteiger partial charge is 0.350 e. The number of halogens is 1. The first kappa shape index (κ1) is 21.2. The zero-order valence-electron chi connectivity index (χ0n) is 17.0. The molecule has 3 heterocycles. The normalized spacial score (nSPS) is 14.5. The number of hydrogen-bond acceptors (Lipinski definition) is 5. The van der Waals surface area contributed by atoms with Crippen molar-refractivity contribution in [3.05, 3.63) is 69.9 Å². The number of carbonyl (C=O) groups excluding carboxylic acids is 2. The third-order valence-electron chi connectivity index (χ3n) is 5.45. The van der Waals surface area contributed by atoms with Crippen molar-refractivity contribution in [2.75, 3.05) is 19.6 Å². The Balaban J connectivity index is 1.24. The summed E-state index contributed by atoms with van der Waals surface area (Å²) in [7, 11) is 0. The fourth-order valence-corrected chi connectivity index (χ4v) is 4.64. The predicted octanol–water partition coefficient (Wildman–Crippen LogP) is 2.93. The number of hydrogen-bond donors (Lipinski definition) is 2. The summed E-state index contributed by atoms with van der Waals surface area (Å²) < 4.78 is 13.0. The first-order chi connectivity index (χ1) is 15.1. The number of aromatic nitrogens is 3. The quantitative estimate of drug-likeness (QED) is 0.590. The van der Waals surface area contributed by atoms with Crippen LogP contribution in [0.15, 0.2) is 42.2 Å².